The summed E-state index contributed by atoms with van der Waals surface area (Å²) in [6.07, 6.45) is 5.06. The van der Waals surface area contributed by atoms with Crippen molar-refractivity contribution in [2.45, 2.75) is 6.92 Å². The Bertz CT molecular complexity index is 537. The number of hydrogen-bond acceptors (Lipinski definition) is 2. The molecule has 100 valence electrons. The standard InChI is InChI=1S/C13H13FN2O3/c1-3-6-16(8-12(17)18)13(19)15-10-5-4-9(2)11(14)7-10/h1,4-5,7H,6,8H2,2H3,(H,15,19)(H,17,18). The second kappa shape index (κ2) is 6.40. The number of carboxylic acids is 1. The van der Waals surface area contributed by atoms with Crippen molar-refractivity contribution in [1.82, 2.24) is 4.90 Å². The third-order valence-corrected chi connectivity index (χ3v) is 2.32. The minimum atomic E-state index is -1.18. The quantitative estimate of drug-likeness (QED) is 0.813. The number of rotatable bonds is 4. The molecular formula is C13H13FN2O3. The molecule has 0 aliphatic heterocycles. The Morgan fingerprint density at radius 2 is 2.21 bits per heavy atom. The number of nitrogens with one attached hydrogen (secondary N) is 1. The predicted octanol–water partition coefficient (Wildman–Crippen LogP) is 1.69. The Kier molecular flexibility index (Phi) is 4.89. The molecule has 0 aliphatic carbocycles. The number of amides is 2. The van der Waals surface area contributed by atoms with Gasteiger partial charge in [0, 0.05) is 5.69 Å². The molecular weight excluding hydrogens is 251 g/mol. The summed E-state index contributed by atoms with van der Waals surface area (Å²) in [7, 11) is 0. The number of urea groups is 1. The SMILES string of the molecule is C#CCN(CC(=O)O)C(=O)Nc1ccc(C)c(F)c1. The van der Waals surface area contributed by atoms with Crippen molar-refractivity contribution in [2.75, 3.05) is 18.4 Å². The van der Waals surface area contributed by atoms with Crippen LogP contribution in [0.25, 0.3) is 0 Å². The molecule has 2 N–H and O–H groups in total. The third-order valence-electron chi connectivity index (χ3n) is 2.32. The van der Waals surface area contributed by atoms with E-state index in [2.05, 4.69) is 11.2 Å². The lowest BCUT2D eigenvalue weighted by Crippen LogP contribution is -2.39. The van der Waals surface area contributed by atoms with E-state index in [4.69, 9.17) is 11.5 Å². The fourth-order valence-corrected chi connectivity index (χ4v) is 1.35. The lowest BCUT2D eigenvalue weighted by atomic mass is 10.2. The molecule has 0 atom stereocenters. The smallest absolute Gasteiger partial charge is 0.323 e. The Hall–Kier alpha value is -2.55. The van der Waals surface area contributed by atoms with Gasteiger partial charge in [0.1, 0.15) is 12.4 Å². The van der Waals surface area contributed by atoms with Crippen LogP contribution in [-0.4, -0.2) is 35.1 Å². The van der Waals surface area contributed by atoms with Gasteiger partial charge >= 0.3 is 12.0 Å². The predicted molar refractivity (Wildman–Crippen MR) is 68.2 cm³/mol. The number of benzene rings is 1. The van der Waals surface area contributed by atoms with Crippen molar-refractivity contribution >= 4 is 17.7 Å². The molecule has 0 bridgehead atoms. The molecule has 0 spiro atoms. The maximum Gasteiger partial charge on any atom is 0.323 e. The topological polar surface area (TPSA) is 69.6 Å². The highest BCUT2D eigenvalue weighted by Gasteiger charge is 2.16. The number of anilines is 1. The minimum absolute atomic E-state index is 0.146. The van der Waals surface area contributed by atoms with Crippen LogP contribution in [0.4, 0.5) is 14.9 Å². The van der Waals surface area contributed by atoms with E-state index in [1.165, 1.54) is 12.1 Å². The molecule has 0 fully saturated rings. The van der Waals surface area contributed by atoms with Crippen LogP contribution in [0, 0.1) is 25.1 Å². The molecule has 6 heteroatoms. The van der Waals surface area contributed by atoms with Crippen molar-refractivity contribution in [3.05, 3.63) is 29.6 Å². The monoisotopic (exact) mass is 264 g/mol. The molecule has 0 saturated carbocycles. The zero-order chi connectivity index (χ0) is 14.4. The number of carbonyl (C=O) groups excluding carboxylic acids is 1. The third kappa shape index (κ3) is 4.32. The molecule has 0 saturated heterocycles. The second-order valence-electron chi connectivity index (χ2n) is 3.85. The minimum Gasteiger partial charge on any atom is -0.480 e. The largest absolute Gasteiger partial charge is 0.480 e. The zero-order valence-electron chi connectivity index (χ0n) is 10.3. The average molecular weight is 264 g/mol. The average Bonchev–Trinajstić information content (AvgIpc) is 2.33. The first-order chi connectivity index (χ1) is 8.93. The molecule has 0 radical (unpaired) electrons. The Morgan fingerprint density at radius 1 is 1.53 bits per heavy atom. The van der Waals surface area contributed by atoms with E-state index in [0.29, 0.717) is 5.56 Å². The van der Waals surface area contributed by atoms with Crippen molar-refractivity contribution in [3.8, 4) is 12.3 Å². The summed E-state index contributed by atoms with van der Waals surface area (Å²) in [5.74, 6) is 0.549. The first kappa shape index (κ1) is 14.5. The van der Waals surface area contributed by atoms with Gasteiger partial charge in [-0.15, -0.1) is 6.42 Å². The van der Waals surface area contributed by atoms with E-state index in [0.717, 1.165) is 11.0 Å². The van der Waals surface area contributed by atoms with E-state index in [1.807, 2.05) is 0 Å². The number of terminal acetylenes is 1. The molecule has 19 heavy (non-hydrogen) atoms. The Balaban J connectivity index is 2.78. The summed E-state index contributed by atoms with van der Waals surface area (Å²) in [4.78, 5) is 23.3. The molecule has 0 aliphatic rings. The second-order valence-corrected chi connectivity index (χ2v) is 3.85. The lowest BCUT2D eigenvalue weighted by Gasteiger charge is -2.18. The van der Waals surface area contributed by atoms with E-state index < -0.39 is 24.4 Å². The molecule has 1 aromatic carbocycles. The number of halogens is 1. The molecule has 2 amide bonds. The lowest BCUT2D eigenvalue weighted by molar-refractivity contribution is -0.137. The van der Waals surface area contributed by atoms with Crippen LogP contribution in [0.3, 0.4) is 0 Å². The Morgan fingerprint density at radius 3 is 2.74 bits per heavy atom. The highest BCUT2D eigenvalue weighted by Crippen LogP contribution is 2.14. The summed E-state index contributed by atoms with van der Waals surface area (Å²) in [6.45, 7) is 0.923. The van der Waals surface area contributed by atoms with Gasteiger partial charge in [-0.25, -0.2) is 9.18 Å². The zero-order valence-corrected chi connectivity index (χ0v) is 10.3. The van der Waals surface area contributed by atoms with Gasteiger partial charge in [0.15, 0.2) is 0 Å². The fourth-order valence-electron chi connectivity index (χ4n) is 1.35. The summed E-state index contributed by atoms with van der Waals surface area (Å²) < 4.78 is 13.3. The van der Waals surface area contributed by atoms with Crippen molar-refractivity contribution < 1.29 is 19.1 Å². The molecule has 0 unspecified atom stereocenters. The molecule has 0 heterocycles. The van der Waals surface area contributed by atoms with Gasteiger partial charge < -0.3 is 15.3 Å². The summed E-state index contributed by atoms with van der Waals surface area (Å²) in [5, 5.41) is 11.0. The summed E-state index contributed by atoms with van der Waals surface area (Å²) >= 11 is 0. The van der Waals surface area contributed by atoms with Gasteiger partial charge in [0.2, 0.25) is 0 Å². The van der Waals surface area contributed by atoms with Crippen LogP contribution in [0.2, 0.25) is 0 Å². The van der Waals surface area contributed by atoms with E-state index in [9.17, 15) is 14.0 Å². The maximum absolute atomic E-state index is 13.3. The molecule has 5 nitrogen and oxygen atoms in total. The number of nitrogens with zero attached hydrogens (tertiary/aromatic N) is 1. The molecule has 1 aromatic rings. The highest BCUT2D eigenvalue weighted by molar-refractivity contribution is 5.91. The highest BCUT2D eigenvalue weighted by atomic mass is 19.1. The van der Waals surface area contributed by atoms with E-state index in [-0.39, 0.29) is 12.2 Å². The maximum atomic E-state index is 13.3. The van der Waals surface area contributed by atoms with Gasteiger partial charge in [-0.2, -0.15) is 0 Å². The van der Waals surface area contributed by atoms with Crippen LogP contribution >= 0.6 is 0 Å². The molecule has 0 aromatic heterocycles. The van der Waals surface area contributed by atoms with Crippen LogP contribution < -0.4 is 5.32 Å². The van der Waals surface area contributed by atoms with Crippen molar-refractivity contribution in [2.24, 2.45) is 0 Å². The van der Waals surface area contributed by atoms with Crippen molar-refractivity contribution in [3.63, 3.8) is 0 Å². The molecule has 1 rings (SSSR count). The fraction of sp³-hybridized carbons (Fsp3) is 0.231. The van der Waals surface area contributed by atoms with Gasteiger partial charge in [-0.1, -0.05) is 12.0 Å². The van der Waals surface area contributed by atoms with Crippen LogP contribution in [0.5, 0.6) is 0 Å². The summed E-state index contributed by atoms with van der Waals surface area (Å²) in [6, 6.07) is 3.49. The first-order valence-electron chi connectivity index (χ1n) is 5.41. The number of aliphatic carboxylic acids is 1. The Labute approximate surface area is 110 Å². The normalized spacial score (nSPS) is 9.53. The van der Waals surface area contributed by atoms with Gasteiger partial charge in [-0.3, -0.25) is 4.79 Å². The number of carbonyl (C=O) groups is 2. The summed E-state index contributed by atoms with van der Waals surface area (Å²) in [5.41, 5.74) is 0.685. The van der Waals surface area contributed by atoms with Gasteiger partial charge in [0.05, 0.1) is 6.54 Å². The van der Waals surface area contributed by atoms with Crippen LogP contribution in [0.1, 0.15) is 5.56 Å². The van der Waals surface area contributed by atoms with E-state index >= 15 is 0 Å². The van der Waals surface area contributed by atoms with Crippen LogP contribution in [-0.2, 0) is 4.79 Å². The number of aryl methyl sites for hydroxylation is 1. The van der Waals surface area contributed by atoms with Crippen molar-refractivity contribution in [1.29, 1.82) is 0 Å². The van der Waals surface area contributed by atoms with Gasteiger partial charge in [-0.05, 0) is 24.6 Å². The number of carboxylic acid groups (broad SMARTS) is 1. The van der Waals surface area contributed by atoms with Crippen LogP contribution in [0.15, 0.2) is 18.2 Å². The number of hydrogen-bond donors (Lipinski definition) is 2. The van der Waals surface area contributed by atoms with Gasteiger partial charge in [0.25, 0.3) is 0 Å². The van der Waals surface area contributed by atoms with E-state index in [1.54, 1.807) is 6.92 Å². The first-order valence-corrected chi connectivity index (χ1v) is 5.41.